The smallest absolute Gasteiger partial charge is 0.417 e. The molecule has 0 aliphatic carbocycles. The molecule has 1 atom stereocenters. The zero-order valence-electron chi connectivity index (χ0n) is 14.6. The van der Waals surface area contributed by atoms with Crippen LogP contribution in [0.15, 0.2) is 28.8 Å². The van der Waals surface area contributed by atoms with E-state index in [-0.39, 0.29) is 22.8 Å². The molecule has 2 rings (SSSR count). The van der Waals surface area contributed by atoms with Crippen molar-refractivity contribution in [1.82, 2.24) is 5.16 Å². The second kappa shape index (κ2) is 8.25. The number of carbonyl (C=O) groups excluding carboxylic acids is 1. The van der Waals surface area contributed by atoms with Crippen LogP contribution in [0.2, 0.25) is 0 Å². The molecule has 0 fully saturated rings. The number of nitrogens with zero attached hydrogens (tertiary/aromatic N) is 1. The minimum absolute atomic E-state index is 0.00304. The van der Waals surface area contributed by atoms with E-state index < -0.39 is 23.6 Å². The van der Waals surface area contributed by atoms with Crippen molar-refractivity contribution in [2.24, 2.45) is 5.73 Å². The number of hydrogen-bond donors (Lipinski definition) is 1. The summed E-state index contributed by atoms with van der Waals surface area (Å²) in [5.74, 6) is -1.03. The van der Waals surface area contributed by atoms with Crippen molar-refractivity contribution in [3.8, 4) is 17.0 Å². The number of carbonyl (C=O) groups is 1. The first kappa shape index (κ1) is 19.8. The number of benzene rings is 1. The number of primary amides is 1. The topological polar surface area (TPSA) is 78.4 Å². The second-order valence-electron chi connectivity index (χ2n) is 5.91. The normalized spacial score (nSPS) is 12.8. The summed E-state index contributed by atoms with van der Waals surface area (Å²) in [4.78, 5) is 11.5. The lowest BCUT2D eigenvalue weighted by molar-refractivity contribution is -0.137. The van der Waals surface area contributed by atoms with E-state index in [2.05, 4.69) is 5.16 Å². The first-order valence-electron chi connectivity index (χ1n) is 8.38. The minimum atomic E-state index is -4.59. The first-order chi connectivity index (χ1) is 12.3. The molecule has 8 heteroatoms. The van der Waals surface area contributed by atoms with Crippen molar-refractivity contribution in [1.29, 1.82) is 0 Å². The van der Waals surface area contributed by atoms with Crippen molar-refractivity contribution in [3.05, 3.63) is 35.6 Å². The third kappa shape index (κ3) is 4.56. The van der Waals surface area contributed by atoms with E-state index >= 15 is 0 Å². The molecule has 1 aromatic heterocycles. The highest BCUT2D eigenvalue weighted by Crippen LogP contribution is 2.39. The molecule has 0 spiro atoms. The first-order valence-corrected chi connectivity index (χ1v) is 8.38. The van der Waals surface area contributed by atoms with Crippen LogP contribution in [0, 0.1) is 0 Å². The molecule has 142 valence electrons. The molecule has 26 heavy (non-hydrogen) atoms. The summed E-state index contributed by atoms with van der Waals surface area (Å²) in [6, 6.07) is 5.01. The van der Waals surface area contributed by atoms with Crippen molar-refractivity contribution in [3.63, 3.8) is 0 Å². The minimum Gasteiger partial charge on any atom is -0.494 e. The van der Waals surface area contributed by atoms with E-state index in [9.17, 15) is 18.0 Å². The fourth-order valence-electron chi connectivity index (χ4n) is 2.58. The van der Waals surface area contributed by atoms with Crippen LogP contribution >= 0.6 is 0 Å². The number of aromatic nitrogens is 1. The van der Waals surface area contributed by atoms with Gasteiger partial charge in [-0.3, -0.25) is 4.79 Å². The van der Waals surface area contributed by atoms with Gasteiger partial charge in [-0.15, -0.1) is 0 Å². The van der Waals surface area contributed by atoms with Gasteiger partial charge < -0.3 is 15.0 Å². The number of rotatable bonds is 8. The van der Waals surface area contributed by atoms with Gasteiger partial charge in [-0.1, -0.05) is 25.4 Å². The van der Waals surface area contributed by atoms with Gasteiger partial charge in [0.1, 0.15) is 17.2 Å². The van der Waals surface area contributed by atoms with E-state index in [0.717, 1.165) is 6.07 Å². The molecule has 0 bridgehead atoms. The number of ether oxygens (including phenoxy) is 1. The number of halogens is 3. The Balaban J connectivity index is 2.43. The summed E-state index contributed by atoms with van der Waals surface area (Å²) in [5.41, 5.74) is 4.32. The second-order valence-corrected chi connectivity index (χ2v) is 5.91. The van der Waals surface area contributed by atoms with E-state index in [4.69, 9.17) is 15.0 Å². The molecular weight excluding hydrogens is 349 g/mol. The summed E-state index contributed by atoms with van der Waals surface area (Å²) in [5, 5.41) is 3.71. The predicted molar refractivity (Wildman–Crippen MR) is 89.6 cm³/mol. The van der Waals surface area contributed by atoms with Gasteiger partial charge in [-0.05, 0) is 31.0 Å². The van der Waals surface area contributed by atoms with E-state index in [1.54, 1.807) is 0 Å². The summed E-state index contributed by atoms with van der Waals surface area (Å²) in [7, 11) is 0. The van der Waals surface area contributed by atoms with Crippen LogP contribution in [-0.4, -0.2) is 17.7 Å². The van der Waals surface area contributed by atoms with Crippen LogP contribution in [0.25, 0.3) is 11.3 Å². The number of amides is 1. The monoisotopic (exact) mass is 370 g/mol. The SMILES string of the molecule is CCCOc1ccc(-c2cc(C(CCC)C(N)=O)on2)c(C(F)(F)F)c1. The number of alkyl halides is 3. The number of nitrogens with two attached hydrogens (primary N) is 1. The molecule has 0 aliphatic heterocycles. The Labute approximate surface area is 149 Å². The highest BCUT2D eigenvalue weighted by Gasteiger charge is 2.35. The average Bonchev–Trinajstić information content (AvgIpc) is 3.06. The van der Waals surface area contributed by atoms with E-state index in [1.165, 1.54) is 18.2 Å². The van der Waals surface area contributed by atoms with Crippen LogP contribution in [0.4, 0.5) is 13.2 Å². The summed E-state index contributed by atoms with van der Waals surface area (Å²) in [6.07, 6.45) is -2.81. The van der Waals surface area contributed by atoms with Crippen LogP contribution in [0.3, 0.4) is 0 Å². The summed E-state index contributed by atoms with van der Waals surface area (Å²) >= 11 is 0. The molecular formula is C18H21F3N2O3. The Bertz CT molecular complexity index is 756. The van der Waals surface area contributed by atoms with Crippen LogP contribution < -0.4 is 10.5 Å². The van der Waals surface area contributed by atoms with Gasteiger partial charge in [0.25, 0.3) is 0 Å². The van der Waals surface area contributed by atoms with Crippen LogP contribution in [0.5, 0.6) is 5.75 Å². The number of hydrogen-bond acceptors (Lipinski definition) is 4. The zero-order valence-corrected chi connectivity index (χ0v) is 14.6. The Hall–Kier alpha value is -2.51. The van der Waals surface area contributed by atoms with Gasteiger partial charge in [-0.25, -0.2) is 0 Å². The molecule has 5 nitrogen and oxygen atoms in total. The lowest BCUT2D eigenvalue weighted by atomic mass is 9.98. The van der Waals surface area contributed by atoms with Gasteiger partial charge in [0.05, 0.1) is 18.1 Å². The Kier molecular flexibility index (Phi) is 6.28. The van der Waals surface area contributed by atoms with Gasteiger partial charge in [0, 0.05) is 11.6 Å². The van der Waals surface area contributed by atoms with Crippen molar-refractivity contribution >= 4 is 5.91 Å². The van der Waals surface area contributed by atoms with Crippen LogP contribution in [0.1, 0.15) is 50.4 Å². The molecule has 0 radical (unpaired) electrons. The zero-order chi connectivity index (χ0) is 19.3. The molecule has 2 aromatic rings. The van der Waals surface area contributed by atoms with E-state index in [0.29, 0.717) is 25.9 Å². The maximum Gasteiger partial charge on any atom is 0.417 e. The standard InChI is InChI=1S/C18H21F3N2O3/c1-3-5-13(17(22)24)16-10-15(23-26-16)12-7-6-11(25-8-4-2)9-14(12)18(19,20)21/h6-7,9-10,13H,3-5,8H2,1-2H3,(H2,22,24). The molecule has 0 saturated heterocycles. The maximum absolute atomic E-state index is 13.5. The van der Waals surface area contributed by atoms with Gasteiger partial charge >= 0.3 is 6.18 Å². The van der Waals surface area contributed by atoms with E-state index in [1.807, 2.05) is 13.8 Å². The maximum atomic E-state index is 13.5. The van der Waals surface area contributed by atoms with Gasteiger partial charge in [0.2, 0.25) is 5.91 Å². The quantitative estimate of drug-likeness (QED) is 0.741. The predicted octanol–water partition coefficient (Wildman–Crippen LogP) is 4.52. The Morgan fingerprint density at radius 3 is 2.58 bits per heavy atom. The highest BCUT2D eigenvalue weighted by molar-refractivity contribution is 5.81. The van der Waals surface area contributed by atoms with Crippen molar-refractivity contribution in [2.45, 2.75) is 45.2 Å². The third-order valence-electron chi connectivity index (χ3n) is 3.84. The molecule has 0 saturated carbocycles. The molecule has 1 aromatic carbocycles. The average molecular weight is 370 g/mol. The molecule has 2 N–H and O–H groups in total. The lowest BCUT2D eigenvalue weighted by Crippen LogP contribution is -2.20. The highest BCUT2D eigenvalue weighted by atomic mass is 19.4. The van der Waals surface area contributed by atoms with Crippen molar-refractivity contribution in [2.75, 3.05) is 6.61 Å². The van der Waals surface area contributed by atoms with Gasteiger partial charge in [0.15, 0.2) is 0 Å². The fourth-order valence-corrected chi connectivity index (χ4v) is 2.58. The molecule has 1 heterocycles. The van der Waals surface area contributed by atoms with Crippen molar-refractivity contribution < 1.29 is 27.2 Å². The molecule has 1 amide bonds. The van der Waals surface area contributed by atoms with Gasteiger partial charge in [-0.2, -0.15) is 13.2 Å². The molecule has 0 aliphatic rings. The molecule has 1 unspecified atom stereocenters. The lowest BCUT2D eigenvalue weighted by Gasteiger charge is -2.13. The Morgan fingerprint density at radius 2 is 2.00 bits per heavy atom. The fraction of sp³-hybridized carbons (Fsp3) is 0.444. The summed E-state index contributed by atoms with van der Waals surface area (Å²) < 4.78 is 50.8. The third-order valence-corrected chi connectivity index (χ3v) is 3.84. The van der Waals surface area contributed by atoms with Crippen LogP contribution in [-0.2, 0) is 11.0 Å². The largest absolute Gasteiger partial charge is 0.494 e. The Morgan fingerprint density at radius 1 is 1.27 bits per heavy atom. The summed E-state index contributed by atoms with van der Waals surface area (Å²) in [6.45, 7) is 4.05.